The van der Waals surface area contributed by atoms with Crippen LogP contribution in [0.1, 0.15) is 21.5 Å². The monoisotopic (exact) mass is 366 g/mol. The third-order valence-corrected chi connectivity index (χ3v) is 3.57. The molecule has 27 heavy (non-hydrogen) atoms. The molecule has 0 spiro atoms. The van der Waals surface area contributed by atoms with E-state index in [4.69, 9.17) is 0 Å². The van der Waals surface area contributed by atoms with Crippen LogP contribution in [0.4, 0.5) is 15.8 Å². The standard InChI is InChI=1S/C18H18N2O2.C4H5F/c1-4-12-6-11-16(17(21)15(12)5-2)18(22)20-14-9-7-13(19-3)8-10-14;1-3-4(2)5/h4-11,19,21H,1-2H2,3H3,(H,20,22);3H,1-2H2. The Morgan fingerprint density at radius 3 is 2.04 bits per heavy atom. The van der Waals surface area contributed by atoms with Crippen molar-refractivity contribution in [2.75, 3.05) is 17.7 Å². The average Bonchev–Trinajstić information content (AvgIpc) is 2.68. The molecule has 0 saturated heterocycles. The second-order valence-corrected chi connectivity index (χ2v) is 5.31. The molecule has 0 fully saturated rings. The maximum atomic E-state index is 12.3. The van der Waals surface area contributed by atoms with E-state index < -0.39 is 5.83 Å². The van der Waals surface area contributed by atoms with Gasteiger partial charge < -0.3 is 15.7 Å². The van der Waals surface area contributed by atoms with E-state index in [1.54, 1.807) is 30.3 Å². The summed E-state index contributed by atoms with van der Waals surface area (Å²) in [5.41, 5.74) is 3.01. The molecule has 0 aliphatic rings. The van der Waals surface area contributed by atoms with Gasteiger partial charge in [0.2, 0.25) is 0 Å². The van der Waals surface area contributed by atoms with Crippen molar-refractivity contribution in [3.05, 3.63) is 91.3 Å². The highest BCUT2D eigenvalue weighted by Crippen LogP contribution is 2.28. The van der Waals surface area contributed by atoms with Crippen LogP contribution in [0.25, 0.3) is 12.2 Å². The van der Waals surface area contributed by atoms with Crippen LogP contribution in [0.2, 0.25) is 0 Å². The molecular formula is C22H23FN2O2. The third kappa shape index (κ3) is 6.01. The molecule has 2 aromatic carbocycles. The molecule has 2 rings (SSSR count). The Morgan fingerprint density at radius 1 is 1.04 bits per heavy atom. The number of phenols is 1. The third-order valence-electron chi connectivity index (χ3n) is 3.57. The quantitative estimate of drug-likeness (QED) is 0.581. The molecule has 5 heteroatoms. The van der Waals surface area contributed by atoms with E-state index >= 15 is 0 Å². The van der Waals surface area contributed by atoms with Crippen LogP contribution in [0, 0.1) is 0 Å². The van der Waals surface area contributed by atoms with E-state index in [0.29, 0.717) is 11.3 Å². The van der Waals surface area contributed by atoms with Crippen LogP contribution in [0.15, 0.2) is 74.6 Å². The van der Waals surface area contributed by atoms with E-state index in [1.165, 1.54) is 6.08 Å². The summed E-state index contributed by atoms with van der Waals surface area (Å²) in [5, 5.41) is 16.0. The van der Waals surface area contributed by atoms with Crippen LogP contribution in [0.5, 0.6) is 5.75 Å². The summed E-state index contributed by atoms with van der Waals surface area (Å²) in [7, 11) is 1.82. The van der Waals surface area contributed by atoms with Gasteiger partial charge in [-0.2, -0.15) is 0 Å². The lowest BCUT2D eigenvalue weighted by atomic mass is 10.0. The highest BCUT2D eigenvalue weighted by atomic mass is 19.1. The molecule has 0 atom stereocenters. The summed E-state index contributed by atoms with van der Waals surface area (Å²) >= 11 is 0. The van der Waals surface area contributed by atoms with E-state index in [2.05, 4.69) is 36.9 Å². The van der Waals surface area contributed by atoms with Gasteiger partial charge in [-0.3, -0.25) is 4.79 Å². The van der Waals surface area contributed by atoms with Gasteiger partial charge in [0.25, 0.3) is 5.91 Å². The molecule has 2 aromatic rings. The topological polar surface area (TPSA) is 61.4 Å². The fourth-order valence-electron chi connectivity index (χ4n) is 2.12. The molecule has 140 valence electrons. The van der Waals surface area contributed by atoms with Crippen LogP contribution in [-0.2, 0) is 0 Å². The lowest BCUT2D eigenvalue weighted by Gasteiger charge is -2.11. The minimum absolute atomic E-state index is 0.100. The van der Waals surface area contributed by atoms with Gasteiger partial charge in [0.05, 0.1) is 5.56 Å². The van der Waals surface area contributed by atoms with Gasteiger partial charge in [0.15, 0.2) is 0 Å². The highest BCUT2D eigenvalue weighted by molar-refractivity contribution is 6.07. The van der Waals surface area contributed by atoms with Gasteiger partial charge >= 0.3 is 0 Å². The molecule has 3 N–H and O–H groups in total. The Balaban J connectivity index is 0.000000646. The smallest absolute Gasteiger partial charge is 0.259 e. The number of hydrogen-bond donors (Lipinski definition) is 3. The minimum Gasteiger partial charge on any atom is -0.506 e. The number of benzene rings is 2. The van der Waals surface area contributed by atoms with Crippen molar-refractivity contribution >= 4 is 29.4 Å². The molecule has 0 aliphatic heterocycles. The second-order valence-electron chi connectivity index (χ2n) is 5.31. The number of carbonyl (C=O) groups is 1. The first-order chi connectivity index (χ1) is 12.9. The predicted octanol–water partition coefficient (Wildman–Crippen LogP) is 5.63. The van der Waals surface area contributed by atoms with Crippen molar-refractivity contribution in [3.8, 4) is 5.75 Å². The molecule has 0 radical (unpaired) electrons. The SMILES string of the molecule is C=CC(=C)F.C=Cc1ccc(C(=O)Nc2ccc(NC)cc2)c(O)c1C=C. The summed E-state index contributed by atoms with van der Waals surface area (Å²) < 4.78 is 11.1. The fraction of sp³-hybridized carbons (Fsp3) is 0.0455. The van der Waals surface area contributed by atoms with Crippen molar-refractivity contribution in [1.82, 2.24) is 0 Å². The molecule has 4 nitrogen and oxygen atoms in total. The number of carbonyl (C=O) groups excluding carboxylic acids is 1. The van der Waals surface area contributed by atoms with Gasteiger partial charge in [-0.05, 0) is 42.0 Å². The zero-order valence-electron chi connectivity index (χ0n) is 15.3. The maximum absolute atomic E-state index is 12.3. The van der Waals surface area contributed by atoms with Crippen molar-refractivity contribution in [2.45, 2.75) is 0 Å². The number of phenolic OH excluding ortho intramolecular Hbond substituents is 1. The Morgan fingerprint density at radius 2 is 1.59 bits per heavy atom. The van der Waals surface area contributed by atoms with E-state index in [1.807, 2.05) is 19.2 Å². The molecule has 1 amide bonds. The van der Waals surface area contributed by atoms with Gasteiger partial charge in [0.1, 0.15) is 11.6 Å². The molecule has 0 bridgehead atoms. The highest BCUT2D eigenvalue weighted by Gasteiger charge is 2.15. The number of hydrogen-bond acceptors (Lipinski definition) is 3. The van der Waals surface area contributed by atoms with E-state index in [-0.39, 0.29) is 17.2 Å². The van der Waals surface area contributed by atoms with Crippen molar-refractivity contribution in [2.24, 2.45) is 0 Å². The summed E-state index contributed by atoms with van der Waals surface area (Å²) in [4.78, 5) is 12.3. The summed E-state index contributed by atoms with van der Waals surface area (Å²) in [6.07, 6.45) is 4.17. The number of amides is 1. The summed E-state index contributed by atoms with van der Waals surface area (Å²) in [6.45, 7) is 13.3. The lowest BCUT2D eigenvalue weighted by molar-refractivity contribution is 0.102. The van der Waals surface area contributed by atoms with Crippen LogP contribution in [-0.4, -0.2) is 18.1 Å². The van der Waals surface area contributed by atoms with Crippen LogP contribution in [0.3, 0.4) is 0 Å². The number of aromatic hydroxyl groups is 1. The molecule has 0 aliphatic carbocycles. The number of allylic oxidation sites excluding steroid dienone is 2. The maximum Gasteiger partial charge on any atom is 0.259 e. The van der Waals surface area contributed by atoms with Crippen molar-refractivity contribution in [1.29, 1.82) is 0 Å². The number of nitrogens with one attached hydrogen (secondary N) is 2. The summed E-state index contributed by atoms with van der Waals surface area (Å²) in [5.74, 6) is -0.963. The first kappa shape index (κ1) is 21.4. The predicted molar refractivity (Wildman–Crippen MR) is 113 cm³/mol. The molecule has 0 unspecified atom stereocenters. The Hall–Kier alpha value is -3.60. The Labute approximate surface area is 159 Å². The second kappa shape index (κ2) is 10.4. The first-order valence-electron chi connectivity index (χ1n) is 8.04. The van der Waals surface area contributed by atoms with E-state index in [0.717, 1.165) is 17.3 Å². The molecule has 0 aromatic heterocycles. The number of anilines is 2. The Bertz CT molecular complexity index is 855. The van der Waals surface area contributed by atoms with Gasteiger partial charge in [0, 0.05) is 24.0 Å². The van der Waals surface area contributed by atoms with Gasteiger partial charge in [-0.1, -0.05) is 44.5 Å². The number of halogens is 1. The van der Waals surface area contributed by atoms with Gasteiger partial charge in [-0.15, -0.1) is 0 Å². The fourth-order valence-corrected chi connectivity index (χ4v) is 2.12. The zero-order chi connectivity index (χ0) is 20.4. The largest absolute Gasteiger partial charge is 0.506 e. The first-order valence-corrected chi connectivity index (χ1v) is 8.04. The molecular weight excluding hydrogens is 343 g/mol. The molecule has 0 heterocycles. The molecule has 0 saturated carbocycles. The van der Waals surface area contributed by atoms with Crippen molar-refractivity contribution < 1.29 is 14.3 Å². The van der Waals surface area contributed by atoms with Crippen LogP contribution >= 0.6 is 0 Å². The minimum atomic E-state index is -0.481. The number of rotatable bonds is 6. The zero-order valence-corrected chi connectivity index (χ0v) is 15.3. The van der Waals surface area contributed by atoms with E-state index in [9.17, 15) is 14.3 Å². The summed E-state index contributed by atoms with van der Waals surface area (Å²) in [6, 6.07) is 10.6. The Kier molecular flexibility index (Phi) is 8.26. The average molecular weight is 366 g/mol. The normalized spacial score (nSPS) is 9.26. The van der Waals surface area contributed by atoms with Gasteiger partial charge in [-0.25, -0.2) is 4.39 Å². The van der Waals surface area contributed by atoms with Crippen LogP contribution < -0.4 is 10.6 Å². The lowest BCUT2D eigenvalue weighted by Crippen LogP contribution is -2.12. The van der Waals surface area contributed by atoms with Crippen molar-refractivity contribution in [3.63, 3.8) is 0 Å².